The molecule has 3 aliphatic rings. The lowest BCUT2D eigenvalue weighted by molar-refractivity contribution is 0.412. The van der Waals surface area contributed by atoms with Gasteiger partial charge >= 0.3 is 0 Å². The van der Waals surface area contributed by atoms with Crippen molar-refractivity contribution in [3.05, 3.63) is 189 Å². The van der Waals surface area contributed by atoms with Crippen LogP contribution in [0.5, 0.6) is 0 Å². The van der Waals surface area contributed by atoms with Gasteiger partial charge in [-0.25, -0.2) is 4.99 Å². The molecule has 0 saturated heterocycles. The highest BCUT2D eigenvalue weighted by molar-refractivity contribution is 6.15. The second kappa shape index (κ2) is 17.6. The van der Waals surface area contributed by atoms with E-state index in [4.69, 9.17) is 4.99 Å². The molecule has 0 spiro atoms. The van der Waals surface area contributed by atoms with Crippen LogP contribution in [0.25, 0.3) is 21.9 Å². The molecule has 0 radical (unpaired) electrons. The minimum absolute atomic E-state index is 0.194. The summed E-state index contributed by atoms with van der Waals surface area (Å²) in [6.45, 7) is 18.7. The van der Waals surface area contributed by atoms with Gasteiger partial charge in [-0.05, 0) is 128 Å². The number of rotatable bonds is 12. The van der Waals surface area contributed by atoms with E-state index in [2.05, 4.69) is 183 Å². The van der Waals surface area contributed by atoms with Gasteiger partial charge in [0, 0.05) is 16.7 Å². The van der Waals surface area contributed by atoms with E-state index in [1.165, 1.54) is 86.6 Å². The van der Waals surface area contributed by atoms with Gasteiger partial charge in [0.15, 0.2) is 0 Å². The number of nitrogens with zero attached hydrogens (tertiary/aromatic N) is 1. The van der Waals surface area contributed by atoms with Crippen LogP contribution in [0, 0.1) is 24.2 Å². The van der Waals surface area contributed by atoms with Crippen molar-refractivity contribution in [1.82, 2.24) is 0 Å². The Morgan fingerprint density at radius 1 is 0.842 bits per heavy atom. The van der Waals surface area contributed by atoms with Gasteiger partial charge in [0.1, 0.15) is 0 Å². The Morgan fingerprint density at radius 3 is 2.26 bits per heavy atom. The van der Waals surface area contributed by atoms with Gasteiger partial charge < -0.3 is 0 Å². The maximum Gasteiger partial charge on any atom is 0.0794 e. The summed E-state index contributed by atoms with van der Waals surface area (Å²) in [5.41, 5.74) is 18.2. The summed E-state index contributed by atoms with van der Waals surface area (Å²) in [6.07, 6.45) is 21.6. The molecule has 1 nitrogen and oxygen atoms in total. The van der Waals surface area contributed by atoms with Crippen molar-refractivity contribution in [1.29, 1.82) is 0 Å². The van der Waals surface area contributed by atoms with Crippen LogP contribution in [-0.2, 0) is 0 Å². The third kappa shape index (κ3) is 8.79. The largest absolute Gasteiger partial charge is 0.247 e. The minimum Gasteiger partial charge on any atom is -0.247 e. The fourth-order valence-corrected chi connectivity index (χ4v) is 9.17. The Kier molecular flexibility index (Phi) is 12.4. The number of allylic oxidation sites excluding steroid dienone is 12. The highest BCUT2D eigenvalue weighted by Crippen LogP contribution is 2.46. The van der Waals surface area contributed by atoms with E-state index in [0.717, 1.165) is 42.7 Å². The molecule has 0 N–H and O–H groups in total. The van der Waals surface area contributed by atoms with E-state index in [9.17, 15) is 0 Å². The highest BCUT2D eigenvalue weighted by atomic mass is 14.8. The number of aryl methyl sites for hydroxylation is 1. The van der Waals surface area contributed by atoms with E-state index >= 15 is 0 Å². The van der Waals surface area contributed by atoms with Crippen LogP contribution in [0.15, 0.2) is 172 Å². The normalized spacial score (nSPS) is 19.6. The number of aliphatic imine (C=N–C) groups is 1. The molecule has 1 heteroatoms. The average Bonchev–Trinajstić information content (AvgIpc) is 3.68. The van der Waals surface area contributed by atoms with E-state index in [1.807, 2.05) is 0 Å². The Bertz CT molecular complexity index is 2350. The Balaban J connectivity index is 1.48. The quantitative estimate of drug-likeness (QED) is 0.101. The van der Waals surface area contributed by atoms with Gasteiger partial charge in [-0.2, -0.15) is 0 Å². The van der Waals surface area contributed by atoms with Gasteiger partial charge in [0.2, 0.25) is 0 Å². The molecule has 0 saturated carbocycles. The topological polar surface area (TPSA) is 12.4 Å². The molecule has 1 aliphatic heterocycles. The molecule has 292 valence electrons. The van der Waals surface area contributed by atoms with E-state index < -0.39 is 0 Å². The third-order valence-corrected chi connectivity index (χ3v) is 13.3. The molecule has 2 atom stereocenters. The van der Waals surface area contributed by atoms with Crippen LogP contribution >= 0.6 is 0 Å². The standard InChI is InChI=1S/C56H63N/c1-9-17-39(4)42-28-30-43(31-29-42)40(5)36-51(45-18-12-11-13-19-45)41(6)54(50-23-16-21-44-20-14-15-22-49(44)50)55-52(37-53(57-55)47-26-24-38(3)25-27-47)46-32-34-48(35-33-46)56(7,8)10-2/h11-16,18-28,32,34,36-37,39,43H,9-10,17,29-31,33,35H2,1-8H3/b40-36+,51-41-,55-54+. The van der Waals surface area contributed by atoms with Crippen LogP contribution in [0.4, 0.5) is 0 Å². The van der Waals surface area contributed by atoms with Crippen LogP contribution < -0.4 is 0 Å². The summed E-state index contributed by atoms with van der Waals surface area (Å²) in [6, 6.07) is 35.6. The number of hydrogen-bond acceptors (Lipinski definition) is 1. The molecule has 2 unspecified atom stereocenters. The van der Waals surface area contributed by atoms with Crippen LogP contribution in [-0.4, -0.2) is 5.71 Å². The first kappa shape index (κ1) is 40.2. The Hall–Kier alpha value is -5.01. The van der Waals surface area contributed by atoms with Crippen molar-refractivity contribution in [3.63, 3.8) is 0 Å². The first-order chi connectivity index (χ1) is 27.6. The molecule has 2 aliphatic carbocycles. The lowest BCUT2D eigenvalue weighted by Gasteiger charge is -2.29. The maximum atomic E-state index is 5.70. The molecule has 4 aromatic carbocycles. The summed E-state index contributed by atoms with van der Waals surface area (Å²) in [4.78, 5) is 5.70. The summed E-state index contributed by atoms with van der Waals surface area (Å²) in [7, 11) is 0. The first-order valence-corrected chi connectivity index (χ1v) is 21.7. The second-order valence-corrected chi connectivity index (χ2v) is 17.5. The Labute approximate surface area is 344 Å². The highest BCUT2D eigenvalue weighted by Gasteiger charge is 2.29. The van der Waals surface area contributed by atoms with Crippen molar-refractivity contribution in [2.24, 2.45) is 22.2 Å². The third-order valence-electron chi connectivity index (χ3n) is 13.3. The SMILES string of the molecule is CCCC(C)C1=CCC(/C(C)=C/C(=C(C)/C(=C2\N=C(c3ccc(C)cc3)C=C2C2=CC=C(C(C)(C)CC)CC2)c2cccc3ccccc23)c2ccccc2)CC1. The average molecular weight is 750 g/mol. The summed E-state index contributed by atoms with van der Waals surface area (Å²) >= 11 is 0. The van der Waals surface area contributed by atoms with E-state index in [0.29, 0.717) is 11.8 Å². The van der Waals surface area contributed by atoms with Gasteiger partial charge in [0.25, 0.3) is 0 Å². The molecule has 7 rings (SSSR count). The molecule has 57 heavy (non-hydrogen) atoms. The van der Waals surface area contributed by atoms with Crippen molar-refractivity contribution in [2.45, 2.75) is 107 Å². The minimum atomic E-state index is 0.194. The molecular formula is C56H63N. The number of benzene rings is 4. The molecule has 0 bridgehead atoms. The van der Waals surface area contributed by atoms with Gasteiger partial charge in [-0.1, -0.05) is 185 Å². The van der Waals surface area contributed by atoms with Gasteiger partial charge in [-0.15, -0.1) is 0 Å². The molecule has 0 aromatic heterocycles. The van der Waals surface area contributed by atoms with Crippen molar-refractivity contribution in [3.8, 4) is 0 Å². The first-order valence-electron chi connectivity index (χ1n) is 21.7. The van der Waals surface area contributed by atoms with Crippen LogP contribution in [0.2, 0.25) is 0 Å². The Morgan fingerprint density at radius 2 is 1.58 bits per heavy atom. The smallest absolute Gasteiger partial charge is 0.0794 e. The lowest BCUT2D eigenvalue weighted by Crippen LogP contribution is -2.15. The molecule has 4 aromatic rings. The zero-order valence-corrected chi connectivity index (χ0v) is 35.9. The van der Waals surface area contributed by atoms with Crippen LogP contribution in [0.3, 0.4) is 0 Å². The van der Waals surface area contributed by atoms with Crippen molar-refractivity contribution < 1.29 is 0 Å². The summed E-state index contributed by atoms with van der Waals surface area (Å²) in [5.74, 6) is 1.23. The molecular weight excluding hydrogens is 687 g/mol. The van der Waals surface area contributed by atoms with E-state index in [1.54, 1.807) is 11.1 Å². The monoisotopic (exact) mass is 749 g/mol. The van der Waals surface area contributed by atoms with Gasteiger partial charge in [-0.3, -0.25) is 0 Å². The van der Waals surface area contributed by atoms with Crippen molar-refractivity contribution in [2.75, 3.05) is 0 Å². The molecule has 0 fully saturated rings. The molecule has 0 amide bonds. The maximum absolute atomic E-state index is 5.70. The number of fused-ring (bicyclic) bond motifs is 1. The van der Waals surface area contributed by atoms with Crippen LogP contribution in [0.1, 0.15) is 122 Å². The predicted octanol–water partition coefficient (Wildman–Crippen LogP) is 16.0. The summed E-state index contributed by atoms with van der Waals surface area (Å²) in [5, 5.41) is 2.50. The predicted molar refractivity (Wildman–Crippen MR) is 248 cm³/mol. The molecule has 1 heterocycles. The zero-order valence-electron chi connectivity index (χ0n) is 35.9. The zero-order chi connectivity index (χ0) is 40.1. The summed E-state index contributed by atoms with van der Waals surface area (Å²) < 4.78 is 0. The van der Waals surface area contributed by atoms with Gasteiger partial charge in [0.05, 0.1) is 11.4 Å². The second-order valence-electron chi connectivity index (χ2n) is 17.5. The lowest BCUT2D eigenvalue weighted by atomic mass is 9.76. The fraction of sp³-hybridized carbons (Fsp3) is 0.339. The number of hydrogen-bond donors (Lipinski definition) is 0. The fourth-order valence-electron chi connectivity index (χ4n) is 9.17. The van der Waals surface area contributed by atoms with E-state index in [-0.39, 0.29) is 5.41 Å². The van der Waals surface area contributed by atoms with Crippen molar-refractivity contribution >= 4 is 27.6 Å².